The molecule has 0 saturated heterocycles. The number of aryl methyl sites for hydroxylation is 1. The maximum atomic E-state index is 13.3. The van der Waals surface area contributed by atoms with Gasteiger partial charge in [-0.15, -0.1) is 0 Å². The second kappa shape index (κ2) is 6.45. The minimum Gasteiger partial charge on any atom is -0.362 e. The van der Waals surface area contributed by atoms with Gasteiger partial charge in [-0.3, -0.25) is 0 Å². The molecule has 6 heteroatoms. The van der Waals surface area contributed by atoms with Crippen LogP contribution in [0.4, 0.5) is 10.2 Å². The van der Waals surface area contributed by atoms with Crippen LogP contribution in [0.1, 0.15) is 13.3 Å². The molecule has 4 rings (SSSR count). The van der Waals surface area contributed by atoms with Crippen LogP contribution in [0.5, 0.6) is 0 Å². The Morgan fingerprint density at radius 1 is 1.08 bits per heavy atom. The molecule has 0 atom stereocenters. The molecule has 0 aliphatic rings. The standard InChI is InChI=1S/C20H16FN5/c1-3-10-25-13-24-19(14-4-7-16(21)8-5-14)20(25)15-6-9-17-23-11-18(22-2)26(17)12-15/h4-9,11-13H,3,10H2,1H3. The number of fused-ring (bicyclic) bond motifs is 1. The number of hydrogen-bond donors (Lipinski definition) is 0. The molecule has 0 N–H and O–H groups in total. The van der Waals surface area contributed by atoms with Crippen LogP contribution in [0.15, 0.2) is 55.1 Å². The van der Waals surface area contributed by atoms with Gasteiger partial charge in [-0.05, 0) is 36.8 Å². The Labute approximate surface area is 150 Å². The first-order chi connectivity index (χ1) is 12.7. The maximum absolute atomic E-state index is 13.3. The van der Waals surface area contributed by atoms with E-state index < -0.39 is 0 Å². The molecule has 0 saturated carbocycles. The molecule has 0 radical (unpaired) electrons. The van der Waals surface area contributed by atoms with Crippen molar-refractivity contribution in [1.29, 1.82) is 0 Å². The van der Waals surface area contributed by atoms with Gasteiger partial charge in [0.15, 0.2) is 0 Å². The third-order valence-corrected chi connectivity index (χ3v) is 4.29. The van der Waals surface area contributed by atoms with Gasteiger partial charge in [-0.1, -0.05) is 13.5 Å². The minimum absolute atomic E-state index is 0.273. The Kier molecular flexibility index (Phi) is 3.98. The fourth-order valence-electron chi connectivity index (χ4n) is 3.10. The molecule has 3 heterocycles. The highest BCUT2D eigenvalue weighted by atomic mass is 19.1. The van der Waals surface area contributed by atoms with Crippen molar-refractivity contribution in [3.63, 3.8) is 0 Å². The molecule has 4 aromatic rings. The van der Waals surface area contributed by atoms with Crippen molar-refractivity contribution in [2.75, 3.05) is 0 Å². The van der Waals surface area contributed by atoms with Crippen LogP contribution in [0.3, 0.4) is 0 Å². The van der Waals surface area contributed by atoms with Crippen molar-refractivity contribution < 1.29 is 4.39 Å². The van der Waals surface area contributed by atoms with Crippen molar-refractivity contribution >= 4 is 11.5 Å². The third kappa shape index (κ3) is 2.64. The number of imidazole rings is 2. The monoisotopic (exact) mass is 345 g/mol. The number of halogens is 1. The average Bonchev–Trinajstić information content (AvgIpc) is 3.26. The minimum atomic E-state index is -0.273. The number of hydrogen-bond acceptors (Lipinski definition) is 2. The predicted octanol–water partition coefficient (Wildman–Crippen LogP) is 4.96. The highest BCUT2D eigenvalue weighted by Crippen LogP contribution is 2.32. The zero-order chi connectivity index (χ0) is 18.1. The van der Waals surface area contributed by atoms with E-state index in [1.54, 1.807) is 22.7 Å². The van der Waals surface area contributed by atoms with Gasteiger partial charge in [0.1, 0.15) is 5.82 Å². The van der Waals surface area contributed by atoms with Gasteiger partial charge in [0.2, 0.25) is 5.65 Å². The van der Waals surface area contributed by atoms with Crippen LogP contribution in [0.25, 0.3) is 33.0 Å². The van der Waals surface area contributed by atoms with Gasteiger partial charge in [0.05, 0.1) is 30.1 Å². The fraction of sp³-hybridized carbons (Fsp3) is 0.150. The van der Waals surface area contributed by atoms with Crippen molar-refractivity contribution in [3.8, 4) is 22.5 Å². The number of pyridine rings is 1. The van der Waals surface area contributed by atoms with E-state index in [1.165, 1.54) is 12.1 Å². The lowest BCUT2D eigenvalue weighted by Gasteiger charge is -2.09. The Morgan fingerprint density at radius 2 is 1.85 bits per heavy atom. The van der Waals surface area contributed by atoms with Gasteiger partial charge >= 0.3 is 0 Å². The topological polar surface area (TPSA) is 39.5 Å². The van der Waals surface area contributed by atoms with E-state index in [2.05, 4.69) is 26.3 Å². The summed E-state index contributed by atoms with van der Waals surface area (Å²) < 4.78 is 17.2. The van der Waals surface area contributed by atoms with E-state index in [0.717, 1.165) is 41.1 Å². The zero-order valence-corrected chi connectivity index (χ0v) is 14.2. The molecule has 0 amide bonds. The molecule has 0 aliphatic carbocycles. The number of aromatic nitrogens is 4. The van der Waals surface area contributed by atoms with Crippen LogP contribution in [0.2, 0.25) is 0 Å². The van der Waals surface area contributed by atoms with E-state index in [1.807, 2.05) is 24.7 Å². The van der Waals surface area contributed by atoms with Gasteiger partial charge < -0.3 is 9.41 Å². The summed E-state index contributed by atoms with van der Waals surface area (Å²) in [6.45, 7) is 10.2. The second-order valence-electron chi connectivity index (χ2n) is 6.02. The molecule has 0 fully saturated rings. The lowest BCUT2D eigenvalue weighted by atomic mass is 10.1. The Balaban J connectivity index is 1.93. The molecule has 1 aromatic carbocycles. The molecule has 5 nitrogen and oxygen atoms in total. The number of benzene rings is 1. The van der Waals surface area contributed by atoms with Gasteiger partial charge in [-0.2, -0.15) is 0 Å². The van der Waals surface area contributed by atoms with Gasteiger partial charge in [0.25, 0.3) is 5.82 Å². The summed E-state index contributed by atoms with van der Waals surface area (Å²) in [5, 5.41) is 0. The summed E-state index contributed by atoms with van der Waals surface area (Å²) in [6.07, 6.45) is 6.25. The summed E-state index contributed by atoms with van der Waals surface area (Å²) in [5.74, 6) is 0.191. The Morgan fingerprint density at radius 3 is 2.58 bits per heavy atom. The molecule has 26 heavy (non-hydrogen) atoms. The highest BCUT2D eigenvalue weighted by molar-refractivity contribution is 5.79. The normalized spacial score (nSPS) is 11.0. The van der Waals surface area contributed by atoms with Crippen LogP contribution in [-0.4, -0.2) is 18.9 Å². The molecule has 0 spiro atoms. The summed E-state index contributed by atoms with van der Waals surface area (Å²) in [5.41, 5.74) is 4.26. The number of rotatable bonds is 4. The summed E-state index contributed by atoms with van der Waals surface area (Å²) >= 11 is 0. The van der Waals surface area contributed by atoms with Crippen LogP contribution < -0.4 is 0 Å². The van der Waals surface area contributed by atoms with E-state index in [-0.39, 0.29) is 5.82 Å². The zero-order valence-electron chi connectivity index (χ0n) is 14.2. The fourth-order valence-corrected chi connectivity index (χ4v) is 3.10. The highest BCUT2D eigenvalue weighted by Gasteiger charge is 2.17. The van der Waals surface area contributed by atoms with E-state index in [0.29, 0.717) is 5.82 Å². The van der Waals surface area contributed by atoms with Crippen LogP contribution in [-0.2, 0) is 6.54 Å². The quantitative estimate of drug-likeness (QED) is 0.490. The van der Waals surface area contributed by atoms with Gasteiger partial charge in [0, 0.05) is 23.7 Å². The number of nitrogens with zero attached hydrogens (tertiary/aromatic N) is 5. The SMILES string of the molecule is [C-]#[N+]c1cnc2ccc(-c3c(-c4ccc(F)cc4)ncn3CCC)cn12. The molecule has 0 bridgehead atoms. The van der Waals surface area contributed by atoms with Crippen molar-refractivity contribution in [3.05, 3.63) is 72.4 Å². The molecule has 0 unspecified atom stereocenters. The van der Waals surface area contributed by atoms with Crippen LogP contribution in [0, 0.1) is 12.4 Å². The lowest BCUT2D eigenvalue weighted by Crippen LogP contribution is -1.99. The molecule has 0 aliphatic heterocycles. The predicted molar refractivity (Wildman–Crippen MR) is 98.4 cm³/mol. The van der Waals surface area contributed by atoms with Crippen molar-refractivity contribution in [1.82, 2.24) is 18.9 Å². The first-order valence-corrected chi connectivity index (χ1v) is 8.37. The van der Waals surface area contributed by atoms with Crippen LogP contribution >= 0.6 is 0 Å². The van der Waals surface area contributed by atoms with Gasteiger partial charge in [-0.25, -0.2) is 18.8 Å². The first kappa shape index (κ1) is 16.0. The third-order valence-electron chi connectivity index (χ3n) is 4.29. The first-order valence-electron chi connectivity index (χ1n) is 8.37. The summed E-state index contributed by atoms with van der Waals surface area (Å²) in [6, 6.07) is 10.2. The lowest BCUT2D eigenvalue weighted by molar-refractivity contribution is 0.628. The molecule has 128 valence electrons. The van der Waals surface area contributed by atoms with E-state index in [4.69, 9.17) is 6.57 Å². The maximum Gasteiger partial charge on any atom is 0.254 e. The average molecular weight is 345 g/mol. The molecule has 3 aromatic heterocycles. The molecular weight excluding hydrogens is 329 g/mol. The van der Waals surface area contributed by atoms with E-state index >= 15 is 0 Å². The largest absolute Gasteiger partial charge is 0.362 e. The van der Waals surface area contributed by atoms with Crippen molar-refractivity contribution in [2.45, 2.75) is 19.9 Å². The van der Waals surface area contributed by atoms with E-state index in [9.17, 15) is 4.39 Å². The summed E-state index contributed by atoms with van der Waals surface area (Å²) in [4.78, 5) is 12.3. The Hall–Kier alpha value is -3.46. The smallest absolute Gasteiger partial charge is 0.254 e. The Bertz CT molecular complexity index is 1120. The second-order valence-corrected chi connectivity index (χ2v) is 6.02. The molecular formula is C20H16FN5. The summed E-state index contributed by atoms with van der Waals surface area (Å²) in [7, 11) is 0. The van der Waals surface area contributed by atoms with Crippen molar-refractivity contribution in [2.24, 2.45) is 0 Å².